The summed E-state index contributed by atoms with van der Waals surface area (Å²) in [6.45, 7) is -0.261. The zero-order chi connectivity index (χ0) is 17.8. The summed E-state index contributed by atoms with van der Waals surface area (Å²) in [7, 11) is 0. The van der Waals surface area contributed by atoms with Crippen LogP contribution in [0.2, 0.25) is 5.02 Å². The molecule has 0 saturated carbocycles. The Morgan fingerprint density at radius 2 is 2.00 bits per heavy atom. The first-order chi connectivity index (χ1) is 12.1. The van der Waals surface area contributed by atoms with Crippen LogP contribution in [-0.2, 0) is 22.7 Å². The van der Waals surface area contributed by atoms with Crippen molar-refractivity contribution in [2.24, 2.45) is 0 Å². The molecule has 25 heavy (non-hydrogen) atoms. The minimum absolute atomic E-state index is 0.0144. The van der Waals surface area contributed by atoms with Gasteiger partial charge < -0.3 is 4.74 Å². The van der Waals surface area contributed by atoms with Crippen LogP contribution in [0.1, 0.15) is 12.0 Å². The van der Waals surface area contributed by atoms with Crippen molar-refractivity contribution in [2.45, 2.75) is 19.6 Å². The molecule has 0 radical (unpaired) electrons. The summed E-state index contributed by atoms with van der Waals surface area (Å²) in [6, 6.07) is 11.0. The van der Waals surface area contributed by atoms with Crippen molar-refractivity contribution in [2.75, 3.05) is 0 Å². The molecule has 8 heteroatoms. The molecule has 0 aliphatic carbocycles. The molecule has 0 aliphatic rings. The van der Waals surface area contributed by atoms with Crippen LogP contribution in [0.4, 0.5) is 4.39 Å². The van der Waals surface area contributed by atoms with Crippen molar-refractivity contribution in [1.82, 2.24) is 15.0 Å². The van der Waals surface area contributed by atoms with E-state index in [1.165, 1.54) is 18.2 Å². The van der Waals surface area contributed by atoms with E-state index in [-0.39, 0.29) is 35.7 Å². The summed E-state index contributed by atoms with van der Waals surface area (Å²) in [6.07, 6.45) is -0.0982. The summed E-state index contributed by atoms with van der Waals surface area (Å²) < 4.78 is 19.7. The lowest BCUT2D eigenvalue weighted by Gasteiger charge is -2.08. The number of ether oxygens (including phenoxy) is 1. The highest BCUT2D eigenvalue weighted by atomic mass is 35.5. The van der Waals surface area contributed by atoms with Crippen LogP contribution in [-0.4, -0.2) is 21.0 Å². The molecule has 3 aromatic rings. The highest BCUT2D eigenvalue weighted by Crippen LogP contribution is 2.19. The lowest BCUT2D eigenvalue weighted by atomic mass is 10.2. The predicted molar refractivity (Wildman–Crippen MR) is 89.6 cm³/mol. The smallest absolute Gasteiger partial charge is 0.308 e. The normalized spacial score (nSPS) is 10.8. The average Bonchev–Trinajstić information content (AvgIpc) is 2.61. The van der Waals surface area contributed by atoms with Gasteiger partial charge in [0.15, 0.2) is 0 Å². The van der Waals surface area contributed by atoms with Gasteiger partial charge >= 0.3 is 5.97 Å². The maximum absolute atomic E-state index is 13.6. The molecule has 1 heterocycles. The molecule has 0 saturated heterocycles. The molecule has 0 bridgehead atoms. The van der Waals surface area contributed by atoms with E-state index in [1.54, 1.807) is 24.3 Å². The third-order valence-electron chi connectivity index (χ3n) is 3.60. The Morgan fingerprint density at radius 1 is 1.20 bits per heavy atom. The lowest BCUT2D eigenvalue weighted by molar-refractivity contribution is -0.145. The third kappa shape index (κ3) is 3.83. The maximum Gasteiger partial charge on any atom is 0.308 e. The van der Waals surface area contributed by atoms with Crippen molar-refractivity contribution < 1.29 is 13.9 Å². The molecule has 128 valence electrons. The standard InChI is InChI=1S/C17H13ClFN3O3/c18-13-5-3-6-14(19)12(13)10-25-16(23)8-9-22-17(24)11-4-1-2-7-15(11)20-21-22/h1-7H,8-10H2. The third-order valence-corrected chi connectivity index (χ3v) is 3.95. The van der Waals surface area contributed by atoms with Gasteiger partial charge in [-0.25, -0.2) is 9.07 Å². The Balaban J connectivity index is 1.63. The van der Waals surface area contributed by atoms with Gasteiger partial charge in [0.2, 0.25) is 0 Å². The maximum atomic E-state index is 13.6. The van der Waals surface area contributed by atoms with Gasteiger partial charge in [0.25, 0.3) is 5.56 Å². The molecule has 0 amide bonds. The molecule has 2 aromatic carbocycles. The van der Waals surface area contributed by atoms with Crippen molar-refractivity contribution >= 4 is 28.5 Å². The van der Waals surface area contributed by atoms with E-state index >= 15 is 0 Å². The number of fused-ring (bicyclic) bond motifs is 1. The first-order valence-corrected chi connectivity index (χ1v) is 7.85. The number of rotatable bonds is 5. The number of benzene rings is 2. The molecule has 0 aliphatic heterocycles. The fourth-order valence-corrected chi connectivity index (χ4v) is 2.48. The Kier molecular flexibility index (Phi) is 5.04. The number of hydrogen-bond acceptors (Lipinski definition) is 5. The number of aryl methyl sites for hydroxylation is 1. The van der Waals surface area contributed by atoms with E-state index in [4.69, 9.17) is 16.3 Å². The van der Waals surface area contributed by atoms with Gasteiger partial charge in [-0.3, -0.25) is 9.59 Å². The van der Waals surface area contributed by atoms with Gasteiger partial charge in [-0.2, -0.15) is 0 Å². The van der Waals surface area contributed by atoms with E-state index < -0.39 is 11.8 Å². The minimum Gasteiger partial charge on any atom is -0.461 e. The number of esters is 1. The molecule has 1 aromatic heterocycles. The van der Waals surface area contributed by atoms with E-state index in [1.807, 2.05) is 0 Å². The zero-order valence-electron chi connectivity index (χ0n) is 13.0. The minimum atomic E-state index is -0.596. The van der Waals surface area contributed by atoms with Crippen LogP contribution < -0.4 is 5.56 Å². The number of hydrogen-bond donors (Lipinski definition) is 0. The van der Waals surface area contributed by atoms with E-state index in [9.17, 15) is 14.0 Å². The summed E-state index contributed by atoms with van der Waals surface area (Å²) in [4.78, 5) is 24.1. The van der Waals surface area contributed by atoms with Crippen LogP contribution in [0.3, 0.4) is 0 Å². The highest BCUT2D eigenvalue weighted by Gasteiger charge is 2.12. The van der Waals surface area contributed by atoms with E-state index in [0.29, 0.717) is 10.9 Å². The van der Waals surface area contributed by atoms with Crippen LogP contribution in [0.5, 0.6) is 0 Å². The summed E-state index contributed by atoms with van der Waals surface area (Å²) >= 11 is 5.87. The average molecular weight is 362 g/mol. The Morgan fingerprint density at radius 3 is 2.80 bits per heavy atom. The fraction of sp³-hybridized carbons (Fsp3) is 0.176. The van der Waals surface area contributed by atoms with Gasteiger partial charge in [-0.1, -0.05) is 35.0 Å². The summed E-state index contributed by atoms with van der Waals surface area (Å²) in [5.74, 6) is -1.14. The Bertz CT molecular complexity index is 970. The number of carbonyl (C=O) groups is 1. The first-order valence-electron chi connectivity index (χ1n) is 7.47. The van der Waals surface area contributed by atoms with Crippen LogP contribution >= 0.6 is 11.6 Å². The van der Waals surface area contributed by atoms with Gasteiger partial charge in [0.05, 0.1) is 23.4 Å². The van der Waals surface area contributed by atoms with Crippen molar-refractivity contribution in [1.29, 1.82) is 0 Å². The van der Waals surface area contributed by atoms with Crippen molar-refractivity contribution in [3.8, 4) is 0 Å². The largest absolute Gasteiger partial charge is 0.461 e. The number of carbonyl (C=O) groups excluding carboxylic acids is 1. The van der Waals surface area contributed by atoms with Gasteiger partial charge in [0, 0.05) is 5.56 Å². The molecule has 0 unspecified atom stereocenters. The molecule has 0 spiro atoms. The molecule has 6 nitrogen and oxygen atoms in total. The van der Waals surface area contributed by atoms with Gasteiger partial charge in [-0.15, -0.1) is 5.10 Å². The first kappa shape index (κ1) is 17.0. The highest BCUT2D eigenvalue weighted by molar-refractivity contribution is 6.31. The monoisotopic (exact) mass is 361 g/mol. The summed E-state index contributed by atoms with van der Waals surface area (Å²) in [5, 5.41) is 8.33. The van der Waals surface area contributed by atoms with Crippen LogP contribution in [0, 0.1) is 5.82 Å². The number of nitrogens with zero attached hydrogens (tertiary/aromatic N) is 3. The van der Waals surface area contributed by atoms with Gasteiger partial charge in [-0.05, 0) is 24.3 Å². The second-order valence-corrected chi connectivity index (χ2v) is 5.65. The fourth-order valence-electron chi connectivity index (χ4n) is 2.26. The van der Waals surface area contributed by atoms with Crippen molar-refractivity contribution in [3.05, 3.63) is 69.2 Å². The molecule has 0 N–H and O–H groups in total. The second kappa shape index (κ2) is 7.40. The van der Waals surface area contributed by atoms with E-state index in [2.05, 4.69) is 10.3 Å². The predicted octanol–water partition coefficient (Wildman–Crippen LogP) is 2.72. The zero-order valence-corrected chi connectivity index (χ0v) is 13.7. The lowest BCUT2D eigenvalue weighted by Crippen LogP contribution is -2.25. The SMILES string of the molecule is O=C(CCn1nnc2ccccc2c1=O)OCc1c(F)cccc1Cl. The Hall–Kier alpha value is -2.80. The number of aromatic nitrogens is 3. The van der Waals surface area contributed by atoms with Crippen LogP contribution in [0.25, 0.3) is 10.9 Å². The summed E-state index contributed by atoms with van der Waals surface area (Å²) in [5.41, 5.74) is 0.260. The topological polar surface area (TPSA) is 74.1 Å². The molecular formula is C17H13ClFN3O3. The van der Waals surface area contributed by atoms with Crippen molar-refractivity contribution in [3.63, 3.8) is 0 Å². The van der Waals surface area contributed by atoms with E-state index in [0.717, 1.165) is 4.68 Å². The second-order valence-electron chi connectivity index (χ2n) is 5.25. The van der Waals surface area contributed by atoms with Gasteiger partial charge in [0.1, 0.15) is 17.9 Å². The molecule has 0 fully saturated rings. The Labute approximate surface area is 146 Å². The molecule has 0 atom stereocenters. The van der Waals surface area contributed by atoms with Crippen LogP contribution in [0.15, 0.2) is 47.3 Å². The quantitative estimate of drug-likeness (QED) is 0.653. The molecule has 3 rings (SSSR count). The molecular weight excluding hydrogens is 349 g/mol. The number of halogens is 2.